The van der Waals surface area contributed by atoms with Crippen LogP contribution >= 0.6 is 11.6 Å². The number of hydrogen-bond donors (Lipinski definition) is 2. The Balaban J connectivity index is 1.91. The highest BCUT2D eigenvalue weighted by atomic mass is 35.5. The SMILES string of the molecule is CC(C)CN(CCC(=O)NC(C)c1ccccc1)C(=O)Nc1cccc(Cl)c1. The van der Waals surface area contributed by atoms with E-state index in [0.717, 1.165) is 5.56 Å². The third-order valence-corrected chi connectivity index (χ3v) is 4.47. The van der Waals surface area contributed by atoms with Gasteiger partial charge in [0.1, 0.15) is 0 Å². The van der Waals surface area contributed by atoms with Gasteiger partial charge in [-0.3, -0.25) is 4.79 Å². The van der Waals surface area contributed by atoms with Crippen LogP contribution in [0, 0.1) is 5.92 Å². The minimum atomic E-state index is -0.236. The third kappa shape index (κ3) is 7.24. The Bertz CT molecular complexity index is 780. The van der Waals surface area contributed by atoms with E-state index in [1.807, 2.05) is 51.1 Å². The van der Waals surface area contributed by atoms with Gasteiger partial charge in [0, 0.05) is 30.2 Å². The normalized spacial score (nSPS) is 11.8. The topological polar surface area (TPSA) is 61.4 Å². The molecule has 150 valence electrons. The van der Waals surface area contributed by atoms with Crippen LogP contribution in [0.5, 0.6) is 0 Å². The van der Waals surface area contributed by atoms with Gasteiger partial charge in [-0.25, -0.2) is 4.79 Å². The molecule has 2 aromatic rings. The number of nitrogens with one attached hydrogen (secondary N) is 2. The smallest absolute Gasteiger partial charge is 0.321 e. The van der Waals surface area contributed by atoms with Crippen molar-refractivity contribution in [3.8, 4) is 0 Å². The number of amides is 3. The molecule has 0 saturated heterocycles. The van der Waals surface area contributed by atoms with Crippen molar-refractivity contribution in [3.05, 3.63) is 65.2 Å². The Kier molecular flexibility index (Phi) is 8.33. The summed E-state index contributed by atoms with van der Waals surface area (Å²) < 4.78 is 0. The highest BCUT2D eigenvalue weighted by molar-refractivity contribution is 6.30. The van der Waals surface area contributed by atoms with E-state index in [1.54, 1.807) is 29.2 Å². The molecular weight excluding hydrogens is 374 g/mol. The number of urea groups is 1. The fourth-order valence-electron chi connectivity index (χ4n) is 2.86. The van der Waals surface area contributed by atoms with E-state index < -0.39 is 0 Å². The van der Waals surface area contributed by atoms with Crippen molar-refractivity contribution in [3.63, 3.8) is 0 Å². The van der Waals surface area contributed by atoms with Crippen LogP contribution in [-0.4, -0.2) is 29.9 Å². The van der Waals surface area contributed by atoms with Crippen molar-refractivity contribution in [2.75, 3.05) is 18.4 Å². The first kappa shape index (κ1) is 21.8. The van der Waals surface area contributed by atoms with Crippen LogP contribution in [0.1, 0.15) is 38.8 Å². The van der Waals surface area contributed by atoms with Gasteiger partial charge in [0.25, 0.3) is 0 Å². The molecule has 0 bridgehead atoms. The van der Waals surface area contributed by atoms with Crippen LogP contribution in [0.15, 0.2) is 54.6 Å². The molecule has 0 aliphatic carbocycles. The minimum Gasteiger partial charge on any atom is -0.350 e. The first-order valence-electron chi connectivity index (χ1n) is 9.51. The van der Waals surface area contributed by atoms with Gasteiger partial charge in [-0.05, 0) is 36.6 Å². The number of carbonyl (C=O) groups excluding carboxylic acids is 2. The number of halogens is 1. The maximum absolute atomic E-state index is 12.7. The predicted molar refractivity (Wildman–Crippen MR) is 114 cm³/mol. The quantitative estimate of drug-likeness (QED) is 0.646. The summed E-state index contributed by atoms with van der Waals surface area (Å²) in [6.45, 7) is 6.94. The molecule has 2 rings (SSSR count). The van der Waals surface area contributed by atoms with Crippen LogP contribution in [0.3, 0.4) is 0 Å². The maximum atomic E-state index is 12.7. The zero-order chi connectivity index (χ0) is 20.5. The number of nitrogens with zero attached hydrogens (tertiary/aromatic N) is 1. The first-order valence-corrected chi connectivity index (χ1v) is 9.88. The van der Waals surface area contributed by atoms with Gasteiger partial charge in [0.05, 0.1) is 6.04 Å². The van der Waals surface area contributed by atoms with E-state index in [-0.39, 0.29) is 30.3 Å². The van der Waals surface area contributed by atoms with Crippen molar-refractivity contribution in [1.29, 1.82) is 0 Å². The molecule has 0 heterocycles. The zero-order valence-electron chi connectivity index (χ0n) is 16.6. The van der Waals surface area contributed by atoms with Crippen molar-refractivity contribution < 1.29 is 9.59 Å². The fraction of sp³-hybridized carbons (Fsp3) is 0.364. The largest absolute Gasteiger partial charge is 0.350 e. The van der Waals surface area contributed by atoms with Crippen molar-refractivity contribution in [2.45, 2.75) is 33.2 Å². The van der Waals surface area contributed by atoms with Gasteiger partial charge in [-0.2, -0.15) is 0 Å². The van der Waals surface area contributed by atoms with E-state index in [2.05, 4.69) is 10.6 Å². The molecule has 1 atom stereocenters. The molecular formula is C22H28ClN3O2. The second-order valence-corrected chi connectivity index (χ2v) is 7.67. The Labute approximate surface area is 172 Å². The summed E-state index contributed by atoms with van der Waals surface area (Å²) in [5, 5.41) is 6.39. The summed E-state index contributed by atoms with van der Waals surface area (Å²) in [6, 6.07) is 16.5. The number of benzene rings is 2. The highest BCUT2D eigenvalue weighted by Crippen LogP contribution is 2.16. The molecule has 28 heavy (non-hydrogen) atoms. The van der Waals surface area contributed by atoms with Gasteiger partial charge >= 0.3 is 6.03 Å². The van der Waals surface area contributed by atoms with E-state index in [9.17, 15) is 9.59 Å². The highest BCUT2D eigenvalue weighted by Gasteiger charge is 2.17. The summed E-state index contributed by atoms with van der Waals surface area (Å²) in [5.74, 6) is 0.206. The molecule has 5 nitrogen and oxygen atoms in total. The number of anilines is 1. The van der Waals surface area contributed by atoms with Gasteiger partial charge in [0.2, 0.25) is 5.91 Å². The van der Waals surface area contributed by atoms with Gasteiger partial charge in [-0.1, -0.05) is 61.8 Å². The molecule has 0 spiro atoms. The summed E-state index contributed by atoms with van der Waals surface area (Å²) >= 11 is 5.98. The Morgan fingerprint density at radius 2 is 1.75 bits per heavy atom. The molecule has 2 aromatic carbocycles. The molecule has 2 N–H and O–H groups in total. The van der Waals surface area contributed by atoms with Crippen molar-refractivity contribution >= 4 is 29.2 Å². The first-order chi connectivity index (χ1) is 13.3. The third-order valence-electron chi connectivity index (χ3n) is 4.23. The summed E-state index contributed by atoms with van der Waals surface area (Å²) in [4.78, 5) is 26.7. The van der Waals surface area contributed by atoms with Crippen molar-refractivity contribution in [2.24, 2.45) is 5.92 Å². The lowest BCUT2D eigenvalue weighted by Crippen LogP contribution is -2.40. The lowest BCUT2D eigenvalue weighted by atomic mass is 10.1. The number of carbonyl (C=O) groups is 2. The lowest BCUT2D eigenvalue weighted by molar-refractivity contribution is -0.121. The molecule has 0 aromatic heterocycles. The van der Waals surface area contributed by atoms with E-state index in [4.69, 9.17) is 11.6 Å². The molecule has 1 unspecified atom stereocenters. The van der Waals surface area contributed by atoms with Crippen LogP contribution in [0.25, 0.3) is 0 Å². The monoisotopic (exact) mass is 401 g/mol. The number of hydrogen-bond acceptors (Lipinski definition) is 2. The van der Waals surface area contributed by atoms with Crippen LogP contribution in [0.2, 0.25) is 5.02 Å². The van der Waals surface area contributed by atoms with Crippen LogP contribution < -0.4 is 10.6 Å². The second-order valence-electron chi connectivity index (χ2n) is 7.23. The predicted octanol–water partition coefficient (Wildman–Crippen LogP) is 5.10. The molecule has 0 aliphatic rings. The summed E-state index contributed by atoms with van der Waals surface area (Å²) in [7, 11) is 0. The van der Waals surface area contributed by atoms with E-state index >= 15 is 0 Å². The zero-order valence-corrected chi connectivity index (χ0v) is 17.4. The molecule has 6 heteroatoms. The Hall–Kier alpha value is -2.53. The van der Waals surface area contributed by atoms with Gasteiger partial charge in [-0.15, -0.1) is 0 Å². The van der Waals surface area contributed by atoms with Crippen LogP contribution in [0.4, 0.5) is 10.5 Å². The second kappa shape index (κ2) is 10.7. The standard InChI is InChI=1S/C22H28ClN3O2/c1-16(2)15-26(22(28)25-20-11-7-10-19(23)14-20)13-12-21(27)24-17(3)18-8-5-4-6-9-18/h4-11,14,16-17H,12-13,15H2,1-3H3,(H,24,27)(H,25,28). The van der Waals surface area contributed by atoms with Crippen LogP contribution in [-0.2, 0) is 4.79 Å². The van der Waals surface area contributed by atoms with Crippen molar-refractivity contribution in [1.82, 2.24) is 10.2 Å². The minimum absolute atomic E-state index is 0.0764. The maximum Gasteiger partial charge on any atom is 0.321 e. The number of rotatable bonds is 8. The molecule has 0 aliphatic heterocycles. The van der Waals surface area contributed by atoms with Gasteiger partial charge in [0.15, 0.2) is 0 Å². The molecule has 0 saturated carbocycles. The fourth-order valence-corrected chi connectivity index (χ4v) is 3.05. The average molecular weight is 402 g/mol. The summed E-state index contributed by atoms with van der Waals surface area (Å²) in [5.41, 5.74) is 1.68. The molecule has 0 fully saturated rings. The lowest BCUT2D eigenvalue weighted by Gasteiger charge is -2.25. The molecule has 3 amide bonds. The van der Waals surface area contributed by atoms with Gasteiger partial charge < -0.3 is 15.5 Å². The Morgan fingerprint density at radius 3 is 2.39 bits per heavy atom. The summed E-state index contributed by atoms with van der Waals surface area (Å²) in [6.07, 6.45) is 0.243. The molecule has 0 radical (unpaired) electrons. The van der Waals surface area contributed by atoms with E-state index in [0.29, 0.717) is 23.8 Å². The average Bonchev–Trinajstić information content (AvgIpc) is 2.65. The Morgan fingerprint density at radius 1 is 1.04 bits per heavy atom. The van der Waals surface area contributed by atoms with E-state index in [1.165, 1.54) is 0 Å².